The van der Waals surface area contributed by atoms with Gasteiger partial charge in [0, 0.05) is 11.3 Å². The number of para-hydroxylation sites is 2. The van der Waals surface area contributed by atoms with Crippen LogP contribution in [0.25, 0.3) is 0 Å². The van der Waals surface area contributed by atoms with Gasteiger partial charge in [-0.1, -0.05) is 66.7 Å². The summed E-state index contributed by atoms with van der Waals surface area (Å²) < 4.78 is 0. The summed E-state index contributed by atoms with van der Waals surface area (Å²) in [5.41, 5.74) is 1.99. The number of benzene rings is 3. The van der Waals surface area contributed by atoms with Crippen LogP contribution in [0.5, 0.6) is 0 Å². The van der Waals surface area contributed by atoms with Crippen LogP contribution in [0.4, 0.5) is 16.2 Å². The standard InChI is InChI=1S/C22H16N2O3/c25-20(15-9-3-1-4-10-15)19-17-13-7-8-14-18(17)24(21(19)26)22(27)23-16-11-5-2-6-12-16/h1-14,19H,(H,23,27). The number of amides is 3. The Balaban J connectivity index is 1.69. The summed E-state index contributed by atoms with van der Waals surface area (Å²) >= 11 is 0. The average molecular weight is 356 g/mol. The molecule has 0 saturated heterocycles. The number of anilines is 2. The summed E-state index contributed by atoms with van der Waals surface area (Å²) in [7, 11) is 0. The summed E-state index contributed by atoms with van der Waals surface area (Å²) in [6.45, 7) is 0. The van der Waals surface area contributed by atoms with Crippen LogP contribution in [0.1, 0.15) is 21.8 Å². The molecule has 27 heavy (non-hydrogen) atoms. The Labute approximate surface area is 156 Å². The van der Waals surface area contributed by atoms with Crippen LogP contribution < -0.4 is 10.2 Å². The first-order chi connectivity index (χ1) is 13.2. The minimum atomic E-state index is -1.02. The Morgan fingerprint density at radius 1 is 0.778 bits per heavy atom. The maximum atomic E-state index is 13.1. The van der Waals surface area contributed by atoms with Crippen LogP contribution >= 0.6 is 0 Å². The van der Waals surface area contributed by atoms with Crippen molar-refractivity contribution >= 4 is 29.1 Å². The monoisotopic (exact) mass is 356 g/mol. The van der Waals surface area contributed by atoms with Crippen molar-refractivity contribution in [1.82, 2.24) is 0 Å². The second kappa shape index (κ2) is 6.88. The van der Waals surface area contributed by atoms with Gasteiger partial charge in [-0.25, -0.2) is 9.69 Å². The van der Waals surface area contributed by atoms with Gasteiger partial charge in [0.1, 0.15) is 5.92 Å². The minimum Gasteiger partial charge on any atom is -0.307 e. The molecule has 1 aliphatic rings. The van der Waals surface area contributed by atoms with Gasteiger partial charge >= 0.3 is 6.03 Å². The molecular formula is C22H16N2O3. The van der Waals surface area contributed by atoms with Crippen molar-refractivity contribution in [3.63, 3.8) is 0 Å². The molecule has 0 bridgehead atoms. The molecule has 3 aromatic carbocycles. The lowest BCUT2D eigenvalue weighted by Gasteiger charge is -2.17. The van der Waals surface area contributed by atoms with E-state index >= 15 is 0 Å². The molecule has 0 radical (unpaired) electrons. The SMILES string of the molecule is O=C(c1ccccc1)C1C(=O)N(C(=O)Nc2ccccc2)c2ccccc21. The second-order valence-electron chi connectivity index (χ2n) is 6.19. The topological polar surface area (TPSA) is 66.5 Å². The molecule has 1 atom stereocenters. The molecule has 3 amide bonds. The number of Topliss-reactive ketones (excluding diaryl/α,β-unsaturated/α-hetero) is 1. The smallest absolute Gasteiger partial charge is 0.307 e. The number of nitrogens with one attached hydrogen (secondary N) is 1. The minimum absolute atomic E-state index is 0.317. The van der Waals surface area contributed by atoms with Crippen molar-refractivity contribution in [1.29, 1.82) is 0 Å². The normalized spacial score (nSPS) is 15.3. The highest BCUT2D eigenvalue weighted by Crippen LogP contribution is 2.39. The van der Waals surface area contributed by atoms with Gasteiger partial charge in [0.05, 0.1) is 5.69 Å². The number of fused-ring (bicyclic) bond motifs is 1. The van der Waals surface area contributed by atoms with Gasteiger partial charge in [-0.3, -0.25) is 9.59 Å². The van der Waals surface area contributed by atoms with Crippen molar-refractivity contribution < 1.29 is 14.4 Å². The van der Waals surface area contributed by atoms with E-state index in [2.05, 4.69) is 5.32 Å². The molecule has 3 aromatic rings. The van der Waals surface area contributed by atoms with E-state index in [4.69, 9.17) is 0 Å². The maximum Gasteiger partial charge on any atom is 0.333 e. The lowest BCUT2D eigenvalue weighted by Crippen LogP contribution is -2.39. The molecule has 0 saturated carbocycles. The average Bonchev–Trinajstić information content (AvgIpc) is 3.00. The molecule has 5 nitrogen and oxygen atoms in total. The number of carbonyl (C=O) groups excluding carboxylic acids is 3. The highest BCUT2D eigenvalue weighted by Gasteiger charge is 2.44. The second-order valence-corrected chi connectivity index (χ2v) is 6.19. The van der Waals surface area contributed by atoms with Crippen LogP contribution in [-0.4, -0.2) is 17.7 Å². The Kier molecular flexibility index (Phi) is 4.26. The molecule has 4 rings (SSSR count). The fraction of sp³-hybridized carbons (Fsp3) is 0.0455. The number of nitrogens with zero attached hydrogens (tertiary/aromatic N) is 1. The lowest BCUT2D eigenvalue weighted by molar-refractivity contribution is -0.117. The number of imide groups is 1. The number of rotatable bonds is 3. The number of hydrogen-bond donors (Lipinski definition) is 1. The summed E-state index contributed by atoms with van der Waals surface area (Å²) in [5, 5.41) is 2.71. The van der Waals surface area contributed by atoms with Crippen molar-refractivity contribution in [2.45, 2.75) is 5.92 Å². The number of hydrogen-bond acceptors (Lipinski definition) is 3. The number of ketones is 1. The Morgan fingerprint density at radius 3 is 2.07 bits per heavy atom. The lowest BCUT2D eigenvalue weighted by atomic mass is 9.92. The Bertz CT molecular complexity index is 1020. The molecule has 1 N–H and O–H groups in total. The molecule has 1 unspecified atom stereocenters. The molecule has 0 fully saturated rings. The zero-order valence-corrected chi connectivity index (χ0v) is 14.3. The fourth-order valence-electron chi connectivity index (χ4n) is 3.25. The van der Waals surface area contributed by atoms with Gasteiger partial charge in [0.15, 0.2) is 5.78 Å². The van der Waals surface area contributed by atoms with Crippen molar-refractivity contribution in [3.05, 3.63) is 96.1 Å². The van der Waals surface area contributed by atoms with Crippen molar-refractivity contribution in [2.24, 2.45) is 0 Å². The van der Waals surface area contributed by atoms with Crippen molar-refractivity contribution in [3.8, 4) is 0 Å². The van der Waals surface area contributed by atoms with Gasteiger partial charge in [0.25, 0.3) is 5.91 Å². The number of carbonyl (C=O) groups is 3. The van der Waals surface area contributed by atoms with E-state index in [1.165, 1.54) is 0 Å². The molecule has 132 valence electrons. The summed E-state index contributed by atoms with van der Waals surface area (Å²) in [5.74, 6) is -1.88. The first kappa shape index (κ1) is 16.7. The third kappa shape index (κ3) is 3.00. The van der Waals surface area contributed by atoms with E-state index in [1.54, 1.807) is 78.9 Å². The fourth-order valence-corrected chi connectivity index (χ4v) is 3.25. The molecule has 0 aliphatic carbocycles. The van der Waals surface area contributed by atoms with E-state index in [0.717, 1.165) is 4.90 Å². The molecule has 0 spiro atoms. The van der Waals surface area contributed by atoms with Gasteiger partial charge in [-0.15, -0.1) is 0 Å². The molecule has 5 heteroatoms. The molecule has 0 aromatic heterocycles. The maximum absolute atomic E-state index is 13.1. The van der Waals surface area contributed by atoms with Gasteiger partial charge in [0.2, 0.25) is 0 Å². The van der Waals surface area contributed by atoms with Crippen LogP contribution in [0.3, 0.4) is 0 Å². The van der Waals surface area contributed by atoms with E-state index < -0.39 is 17.9 Å². The van der Waals surface area contributed by atoms with E-state index in [9.17, 15) is 14.4 Å². The van der Waals surface area contributed by atoms with E-state index in [0.29, 0.717) is 22.5 Å². The Morgan fingerprint density at radius 2 is 1.37 bits per heavy atom. The zero-order valence-electron chi connectivity index (χ0n) is 14.3. The van der Waals surface area contributed by atoms with Crippen LogP contribution in [0.15, 0.2) is 84.9 Å². The quantitative estimate of drug-likeness (QED) is 0.564. The Hall–Kier alpha value is -3.73. The zero-order chi connectivity index (χ0) is 18.8. The molecule has 1 aliphatic heterocycles. The summed E-state index contributed by atoms with van der Waals surface area (Å²) in [6, 6.07) is 23.8. The third-order valence-corrected chi connectivity index (χ3v) is 4.50. The summed E-state index contributed by atoms with van der Waals surface area (Å²) in [6.07, 6.45) is 0. The van der Waals surface area contributed by atoms with Gasteiger partial charge in [-0.05, 0) is 23.8 Å². The highest BCUT2D eigenvalue weighted by atomic mass is 16.2. The van der Waals surface area contributed by atoms with E-state index in [1.807, 2.05) is 6.07 Å². The first-order valence-corrected chi connectivity index (χ1v) is 8.55. The first-order valence-electron chi connectivity index (χ1n) is 8.55. The van der Waals surface area contributed by atoms with Gasteiger partial charge in [-0.2, -0.15) is 0 Å². The third-order valence-electron chi connectivity index (χ3n) is 4.50. The van der Waals surface area contributed by atoms with E-state index in [-0.39, 0.29) is 5.78 Å². The van der Waals surface area contributed by atoms with Crippen LogP contribution in [0.2, 0.25) is 0 Å². The highest BCUT2D eigenvalue weighted by molar-refractivity contribution is 6.31. The largest absolute Gasteiger partial charge is 0.333 e. The predicted molar refractivity (Wildman–Crippen MR) is 103 cm³/mol. The number of urea groups is 1. The van der Waals surface area contributed by atoms with Crippen LogP contribution in [0, 0.1) is 0 Å². The van der Waals surface area contributed by atoms with Crippen molar-refractivity contribution in [2.75, 3.05) is 10.2 Å². The van der Waals surface area contributed by atoms with Crippen LogP contribution in [-0.2, 0) is 4.79 Å². The molecule has 1 heterocycles. The molecular weight excluding hydrogens is 340 g/mol. The predicted octanol–water partition coefficient (Wildman–Crippen LogP) is 4.23. The summed E-state index contributed by atoms with van der Waals surface area (Å²) in [4.78, 5) is 39.8. The van der Waals surface area contributed by atoms with Gasteiger partial charge < -0.3 is 5.32 Å².